The topological polar surface area (TPSA) is 22.0 Å². The van der Waals surface area contributed by atoms with Crippen LogP contribution in [0.25, 0.3) is 0 Å². The Morgan fingerprint density at radius 3 is 2.59 bits per heavy atom. The molecule has 1 aromatic heterocycles. The smallest absolute Gasteiger partial charge is 0.251 e. The van der Waals surface area contributed by atoms with Gasteiger partial charge in [-0.25, -0.2) is 0 Å². The first-order chi connectivity index (χ1) is 8.08. The number of hydrogen-bond donors (Lipinski definition) is 0. The Balaban J connectivity index is 2.42. The van der Waals surface area contributed by atoms with Crippen molar-refractivity contribution in [1.82, 2.24) is 4.57 Å². The molecule has 2 nitrogen and oxygen atoms in total. The van der Waals surface area contributed by atoms with Crippen molar-refractivity contribution < 1.29 is 0 Å². The molecule has 0 aliphatic rings. The van der Waals surface area contributed by atoms with Crippen LogP contribution in [0.2, 0.25) is 0 Å². The first-order valence-electron chi connectivity index (χ1n) is 5.49. The highest BCUT2D eigenvalue weighted by molar-refractivity contribution is 9.10. The van der Waals surface area contributed by atoms with Crippen LogP contribution < -0.4 is 5.56 Å². The Kier molecular flexibility index (Phi) is 3.48. The molecule has 17 heavy (non-hydrogen) atoms. The zero-order valence-corrected chi connectivity index (χ0v) is 11.5. The van der Waals surface area contributed by atoms with Crippen molar-refractivity contribution >= 4 is 15.9 Å². The van der Waals surface area contributed by atoms with Crippen LogP contribution in [0.15, 0.2) is 45.8 Å². The highest BCUT2D eigenvalue weighted by atomic mass is 79.9. The highest BCUT2D eigenvalue weighted by Gasteiger charge is 2.04. The summed E-state index contributed by atoms with van der Waals surface area (Å²) in [7, 11) is 0. The predicted octanol–water partition coefficient (Wildman–Crippen LogP) is 3.28. The number of rotatable bonds is 2. The number of pyridine rings is 1. The van der Waals surface area contributed by atoms with E-state index >= 15 is 0 Å². The average Bonchev–Trinajstić information content (AvgIpc) is 2.26. The van der Waals surface area contributed by atoms with Gasteiger partial charge in [-0.1, -0.05) is 29.8 Å². The molecule has 2 aromatic rings. The lowest BCUT2D eigenvalue weighted by Crippen LogP contribution is -2.20. The minimum atomic E-state index is 0.0133. The molecule has 0 radical (unpaired) electrons. The molecule has 0 bridgehead atoms. The monoisotopic (exact) mass is 291 g/mol. The van der Waals surface area contributed by atoms with E-state index in [-0.39, 0.29) is 5.56 Å². The van der Waals surface area contributed by atoms with Crippen LogP contribution in [0.1, 0.15) is 16.7 Å². The lowest BCUT2D eigenvalue weighted by Gasteiger charge is -2.11. The number of hydrogen-bond acceptors (Lipinski definition) is 1. The summed E-state index contributed by atoms with van der Waals surface area (Å²) in [6.45, 7) is 4.75. The van der Waals surface area contributed by atoms with E-state index in [1.54, 1.807) is 16.7 Å². The van der Waals surface area contributed by atoms with E-state index in [4.69, 9.17) is 0 Å². The molecule has 0 N–H and O–H groups in total. The van der Waals surface area contributed by atoms with Crippen LogP contribution in [0, 0.1) is 13.8 Å². The third kappa shape index (κ3) is 2.67. The SMILES string of the molecule is Cc1ccc(Cn2c(Br)cccc2=O)c(C)c1. The zero-order valence-electron chi connectivity index (χ0n) is 9.90. The van der Waals surface area contributed by atoms with Gasteiger partial charge >= 0.3 is 0 Å². The van der Waals surface area contributed by atoms with Crippen LogP contribution in [0.3, 0.4) is 0 Å². The van der Waals surface area contributed by atoms with Crippen molar-refractivity contribution in [1.29, 1.82) is 0 Å². The summed E-state index contributed by atoms with van der Waals surface area (Å²) in [6.07, 6.45) is 0. The van der Waals surface area contributed by atoms with Crippen LogP contribution in [-0.4, -0.2) is 4.57 Å². The van der Waals surface area contributed by atoms with E-state index in [1.807, 2.05) is 6.07 Å². The van der Waals surface area contributed by atoms with Crippen LogP contribution in [0.5, 0.6) is 0 Å². The van der Waals surface area contributed by atoms with Crippen molar-refractivity contribution in [3.63, 3.8) is 0 Å². The molecule has 0 spiro atoms. The number of halogens is 1. The van der Waals surface area contributed by atoms with Crippen molar-refractivity contribution in [3.05, 3.63) is 68.0 Å². The fourth-order valence-electron chi connectivity index (χ4n) is 1.84. The molecule has 88 valence electrons. The predicted molar refractivity (Wildman–Crippen MR) is 73.4 cm³/mol. The highest BCUT2D eigenvalue weighted by Crippen LogP contribution is 2.14. The van der Waals surface area contributed by atoms with E-state index in [0.29, 0.717) is 6.54 Å². The maximum atomic E-state index is 11.8. The maximum Gasteiger partial charge on any atom is 0.251 e. The van der Waals surface area contributed by atoms with E-state index in [0.717, 1.165) is 4.60 Å². The van der Waals surface area contributed by atoms with Gasteiger partial charge in [0, 0.05) is 6.07 Å². The van der Waals surface area contributed by atoms with Gasteiger partial charge < -0.3 is 0 Å². The first-order valence-corrected chi connectivity index (χ1v) is 6.29. The standard InChI is InChI=1S/C14H14BrNO/c1-10-6-7-12(11(2)8-10)9-16-13(15)4-3-5-14(16)17/h3-8H,9H2,1-2H3. The molecule has 0 amide bonds. The van der Waals surface area contributed by atoms with E-state index in [1.165, 1.54) is 16.7 Å². The van der Waals surface area contributed by atoms with Gasteiger partial charge in [-0.2, -0.15) is 0 Å². The second-order valence-corrected chi connectivity index (χ2v) is 5.02. The minimum Gasteiger partial charge on any atom is -0.298 e. The summed E-state index contributed by atoms with van der Waals surface area (Å²) in [5.41, 5.74) is 3.64. The van der Waals surface area contributed by atoms with Gasteiger partial charge in [-0.3, -0.25) is 9.36 Å². The minimum absolute atomic E-state index is 0.0133. The normalized spacial score (nSPS) is 10.5. The van der Waals surface area contributed by atoms with Gasteiger partial charge in [0.1, 0.15) is 0 Å². The van der Waals surface area contributed by atoms with E-state index in [2.05, 4.69) is 48.0 Å². The molecular weight excluding hydrogens is 278 g/mol. The largest absolute Gasteiger partial charge is 0.298 e. The van der Waals surface area contributed by atoms with E-state index < -0.39 is 0 Å². The van der Waals surface area contributed by atoms with Gasteiger partial charge in [-0.15, -0.1) is 0 Å². The van der Waals surface area contributed by atoms with Crippen molar-refractivity contribution in [2.24, 2.45) is 0 Å². The molecule has 0 aliphatic carbocycles. The molecule has 1 aromatic carbocycles. The Labute approximate surface area is 109 Å². The molecule has 1 heterocycles. The quantitative estimate of drug-likeness (QED) is 0.779. The maximum absolute atomic E-state index is 11.8. The molecule has 3 heteroatoms. The summed E-state index contributed by atoms with van der Waals surface area (Å²) < 4.78 is 2.53. The Bertz CT molecular complexity index is 601. The molecule has 0 saturated heterocycles. The number of benzene rings is 1. The van der Waals surface area contributed by atoms with Gasteiger partial charge in [-0.05, 0) is 47.0 Å². The Morgan fingerprint density at radius 1 is 1.18 bits per heavy atom. The average molecular weight is 292 g/mol. The summed E-state index contributed by atoms with van der Waals surface area (Å²) in [5, 5.41) is 0. The molecule has 0 aliphatic heterocycles. The number of aromatic nitrogens is 1. The zero-order chi connectivity index (χ0) is 12.4. The molecule has 0 atom stereocenters. The number of nitrogens with zero attached hydrogens (tertiary/aromatic N) is 1. The lowest BCUT2D eigenvalue weighted by atomic mass is 10.1. The lowest BCUT2D eigenvalue weighted by molar-refractivity contribution is 0.736. The van der Waals surface area contributed by atoms with Crippen molar-refractivity contribution in [2.75, 3.05) is 0 Å². The summed E-state index contributed by atoms with van der Waals surface area (Å²) >= 11 is 3.41. The van der Waals surface area contributed by atoms with Crippen LogP contribution >= 0.6 is 15.9 Å². The number of aryl methyl sites for hydroxylation is 2. The van der Waals surface area contributed by atoms with Gasteiger partial charge in [0.25, 0.3) is 5.56 Å². The summed E-state index contributed by atoms with van der Waals surface area (Å²) in [4.78, 5) is 11.8. The second kappa shape index (κ2) is 4.88. The first kappa shape index (κ1) is 12.1. The summed E-state index contributed by atoms with van der Waals surface area (Å²) in [6, 6.07) is 11.5. The summed E-state index contributed by atoms with van der Waals surface area (Å²) in [5.74, 6) is 0. The molecule has 2 rings (SSSR count). The van der Waals surface area contributed by atoms with Gasteiger partial charge in [0.2, 0.25) is 0 Å². The van der Waals surface area contributed by atoms with Crippen LogP contribution in [-0.2, 0) is 6.54 Å². The third-order valence-corrected chi connectivity index (χ3v) is 3.52. The molecule has 0 saturated carbocycles. The van der Waals surface area contributed by atoms with Gasteiger partial charge in [0.15, 0.2) is 0 Å². The molecule has 0 unspecified atom stereocenters. The van der Waals surface area contributed by atoms with Gasteiger partial charge in [0.05, 0.1) is 11.1 Å². The van der Waals surface area contributed by atoms with Crippen molar-refractivity contribution in [2.45, 2.75) is 20.4 Å². The fourth-order valence-corrected chi connectivity index (χ4v) is 2.29. The fraction of sp³-hybridized carbons (Fsp3) is 0.214. The van der Waals surface area contributed by atoms with Crippen molar-refractivity contribution in [3.8, 4) is 0 Å². The Morgan fingerprint density at radius 2 is 1.94 bits per heavy atom. The second-order valence-electron chi connectivity index (χ2n) is 4.20. The third-order valence-electron chi connectivity index (χ3n) is 2.82. The molecular formula is C14H14BrNO. The molecule has 0 fully saturated rings. The van der Waals surface area contributed by atoms with Crippen LogP contribution in [0.4, 0.5) is 0 Å². The Hall–Kier alpha value is -1.35. The van der Waals surface area contributed by atoms with E-state index in [9.17, 15) is 4.79 Å².